The lowest BCUT2D eigenvalue weighted by Crippen LogP contribution is -2.28. The molecule has 0 spiro atoms. The van der Waals surface area contributed by atoms with Crippen LogP contribution < -0.4 is 9.47 Å². The normalized spacial score (nSPS) is 22.8. The van der Waals surface area contributed by atoms with Gasteiger partial charge in [0.25, 0.3) is 0 Å². The Hall–Kier alpha value is -3.11. The van der Waals surface area contributed by atoms with E-state index in [4.69, 9.17) is 9.47 Å². The first-order valence-corrected chi connectivity index (χ1v) is 11.7. The summed E-state index contributed by atoms with van der Waals surface area (Å²) in [6.07, 6.45) is 3.05. The van der Waals surface area contributed by atoms with Gasteiger partial charge in [-0.2, -0.15) is 0 Å². The van der Waals surface area contributed by atoms with Crippen molar-refractivity contribution in [2.24, 2.45) is 5.41 Å². The maximum Gasteiger partial charge on any atom is 0.161 e. The van der Waals surface area contributed by atoms with Crippen LogP contribution in [0.5, 0.6) is 11.5 Å². The van der Waals surface area contributed by atoms with Gasteiger partial charge in [-0.15, -0.1) is 0 Å². The summed E-state index contributed by atoms with van der Waals surface area (Å²) in [6.45, 7) is 4.51. The van der Waals surface area contributed by atoms with Gasteiger partial charge in [0.1, 0.15) is 12.4 Å². The molecule has 33 heavy (non-hydrogen) atoms. The molecule has 5 rings (SSSR count). The van der Waals surface area contributed by atoms with Crippen molar-refractivity contribution in [1.29, 1.82) is 0 Å². The lowest BCUT2D eigenvalue weighted by molar-refractivity contribution is -0.115. The molecule has 170 valence electrons. The van der Waals surface area contributed by atoms with Crippen molar-refractivity contribution in [3.8, 4) is 11.5 Å². The van der Waals surface area contributed by atoms with Crippen LogP contribution in [0.25, 0.3) is 0 Å². The fourth-order valence-corrected chi connectivity index (χ4v) is 5.47. The van der Waals surface area contributed by atoms with E-state index >= 15 is 0 Å². The molecule has 4 heteroatoms. The Bertz CT molecular complexity index is 1100. The number of carbonyl (C=O) groups excluding carboxylic acids is 1. The summed E-state index contributed by atoms with van der Waals surface area (Å²) in [5.41, 5.74) is 4.68. The number of carbonyl (C=O) groups is 1. The topological polar surface area (TPSA) is 38.8 Å². The molecule has 1 unspecified atom stereocenters. The molecule has 3 aromatic carbocycles. The molecule has 3 aromatic rings. The summed E-state index contributed by atoms with van der Waals surface area (Å²) in [6, 6.07) is 25.2. The summed E-state index contributed by atoms with van der Waals surface area (Å²) >= 11 is 0. The minimum Gasteiger partial charge on any atom is -0.493 e. The Morgan fingerprint density at radius 2 is 1.67 bits per heavy atom. The second-order valence-electron chi connectivity index (χ2n) is 9.66. The van der Waals surface area contributed by atoms with Crippen LogP contribution in [0.1, 0.15) is 35.1 Å². The molecule has 1 aliphatic heterocycles. The number of likely N-dealkylation sites (tertiary alicyclic amines) is 1. The summed E-state index contributed by atoms with van der Waals surface area (Å²) in [4.78, 5) is 14.6. The van der Waals surface area contributed by atoms with E-state index < -0.39 is 5.41 Å². The minimum absolute atomic E-state index is 0.0992. The molecular formula is C29H31NO3. The molecule has 1 saturated heterocycles. The Kier molecular flexibility index (Phi) is 5.94. The monoisotopic (exact) mass is 441 g/mol. The van der Waals surface area contributed by atoms with Crippen LogP contribution in [0, 0.1) is 5.41 Å². The second kappa shape index (κ2) is 9.03. The van der Waals surface area contributed by atoms with Crippen LogP contribution in [0.4, 0.5) is 0 Å². The van der Waals surface area contributed by atoms with Crippen molar-refractivity contribution in [3.05, 3.63) is 95.1 Å². The lowest BCUT2D eigenvalue weighted by Gasteiger charge is -2.25. The van der Waals surface area contributed by atoms with Gasteiger partial charge in [-0.05, 0) is 34.4 Å². The Morgan fingerprint density at radius 3 is 2.33 bits per heavy atom. The smallest absolute Gasteiger partial charge is 0.161 e. The van der Waals surface area contributed by atoms with E-state index in [-0.39, 0.29) is 12.0 Å². The zero-order valence-corrected chi connectivity index (χ0v) is 19.4. The molecule has 1 aliphatic carbocycles. The molecule has 4 nitrogen and oxygen atoms in total. The fourth-order valence-electron chi connectivity index (χ4n) is 5.47. The zero-order chi connectivity index (χ0) is 22.8. The van der Waals surface area contributed by atoms with Crippen molar-refractivity contribution in [1.82, 2.24) is 4.90 Å². The summed E-state index contributed by atoms with van der Waals surface area (Å²) in [5.74, 6) is 1.61. The first-order valence-electron chi connectivity index (χ1n) is 11.7. The Labute approximate surface area is 196 Å². The standard InChI is InChI=1S/C29H31NO3/c1-29(20-31)19-30(17-21-8-4-3-5-9-21)18-26(29)24-12-13-27(32-2)28(16-24)33-25-14-22-10-6-7-11-23(22)15-25/h3-13,16,20,25-26H,14-15,17-19H2,1-2H3/t26?,29-/m0/s1. The summed E-state index contributed by atoms with van der Waals surface area (Å²) < 4.78 is 12.1. The highest BCUT2D eigenvalue weighted by Gasteiger charge is 2.44. The van der Waals surface area contributed by atoms with E-state index in [2.05, 4.69) is 72.5 Å². The number of rotatable bonds is 7. The number of hydrogen-bond acceptors (Lipinski definition) is 4. The number of nitrogens with zero attached hydrogens (tertiary/aromatic N) is 1. The van der Waals surface area contributed by atoms with Crippen LogP contribution in [0.3, 0.4) is 0 Å². The number of aldehydes is 1. The van der Waals surface area contributed by atoms with Crippen molar-refractivity contribution >= 4 is 6.29 Å². The zero-order valence-electron chi connectivity index (χ0n) is 19.4. The van der Waals surface area contributed by atoms with Crippen molar-refractivity contribution in [2.75, 3.05) is 20.2 Å². The second-order valence-corrected chi connectivity index (χ2v) is 9.66. The quantitative estimate of drug-likeness (QED) is 0.481. The number of benzene rings is 3. The lowest BCUT2D eigenvalue weighted by atomic mass is 9.77. The van der Waals surface area contributed by atoms with E-state index in [0.29, 0.717) is 0 Å². The SMILES string of the molecule is COc1ccc(C2CN(Cc3ccccc3)C[C@@]2(C)C=O)cc1OC1Cc2ccccc2C1. The van der Waals surface area contributed by atoms with Gasteiger partial charge in [0.15, 0.2) is 11.5 Å². The van der Waals surface area contributed by atoms with Crippen LogP contribution in [0.15, 0.2) is 72.8 Å². The van der Waals surface area contributed by atoms with E-state index in [1.165, 1.54) is 16.7 Å². The Morgan fingerprint density at radius 1 is 0.970 bits per heavy atom. The van der Waals surface area contributed by atoms with E-state index in [0.717, 1.165) is 55.8 Å². The highest BCUT2D eigenvalue weighted by molar-refractivity contribution is 5.63. The molecule has 0 amide bonds. The third-order valence-corrected chi connectivity index (χ3v) is 7.22. The van der Waals surface area contributed by atoms with E-state index in [1.807, 2.05) is 12.1 Å². The van der Waals surface area contributed by atoms with E-state index in [1.54, 1.807) is 7.11 Å². The predicted octanol–water partition coefficient (Wildman–Crippen LogP) is 5.05. The molecule has 0 N–H and O–H groups in total. The highest BCUT2D eigenvalue weighted by Crippen LogP contribution is 2.44. The molecule has 2 aliphatic rings. The van der Waals surface area contributed by atoms with Gasteiger partial charge in [0.05, 0.1) is 7.11 Å². The van der Waals surface area contributed by atoms with Gasteiger partial charge >= 0.3 is 0 Å². The molecule has 0 bridgehead atoms. The number of hydrogen-bond donors (Lipinski definition) is 0. The number of methoxy groups -OCH3 is 1. The third-order valence-electron chi connectivity index (χ3n) is 7.22. The van der Waals surface area contributed by atoms with Gasteiger partial charge in [0.2, 0.25) is 0 Å². The van der Waals surface area contributed by atoms with Crippen LogP contribution in [-0.2, 0) is 24.2 Å². The molecule has 0 radical (unpaired) electrons. The van der Waals surface area contributed by atoms with Crippen LogP contribution in [-0.4, -0.2) is 37.5 Å². The summed E-state index contributed by atoms with van der Waals surface area (Å²) in [7, 11) is 1.68. The van der Waals surface area contributed by atoms with Crippen molar-refractivity contribution in [2.45, 2.75) is 38.3 Å². The predicted molar refractivity (Wildman–Crippen MR) is 130 cm³/mol. The molecule has 0 saturated carbocycles. The van der Waals surface area contributed by atoms with Crippen molar-refractivity contribution < 1.29 is 14.3 Å². The first-order chi connectivity index (χ1) is 16.1. The van der Waals surface area contributed by atoms with Gasteiger partial charge in [-0.25, -0.2) is 0 Å². The number of ether oxygens (including phenoxy) is 2. The average Bonchev–Trinajstić information content (AvgIpc) is 3.40. The Balaban J connectivity index is 1.37. The molecule has 2 atom stereocenters. The van der Waals surface area contributed by atoms with Crippen LogP contribution >= 0.6 is 0 Å². The van der Waals surface area contributed by atoms with Gasteiger partial charge in [-0.1, -0.05) is 67.6 Å². The molecule has 1 heterocycles. The maximum atomic E-state index is 12.2. The van der Waals surface area contributed by atoms with Gasteiger partial charge in [-0.3, -0.25) is 4.90 Å². The first kappa shape index (κ1) is 21.7. The number of fused-ring (bicyclic) bond motifs is 1. The molecule has 1 fully saturated rings. The fraction of sp³-hybridized carbons (Fsp3) is 0.345. The van der Waals surface area contributed by atoms with Gasteiger partial charge in [0, 0.05) is 43.8 Å². The van der Waals surface area contributed by atoms with Crippen LogP contribution in [0.2, 0.25) is 0 Å². The summed E-state index contributed by atoms with van der Waals surface area (Å²) in [5, 5.41) is 0. The largest absolute Gasteiger partial charge is 0.493 e. The molecule has 0 aromatic heterocycles. The maximum absolute atomic E-state index is 12.2. The molecular weight excluding hydrogens is 410 g/mol. The average molecular weight is 442 g/mol. The minimum atomic E-state index is -0.440. The van der Waals surface area contributed by atoms with E-state index in [9.17, 15) is 4.79 Å². The highest BCUT2D eigenvalue weighted by atomic mass is 16.5. The van der Waals surface area contributed by atoms with Gasteiger partial charge < -0.3 is 14.3 Å². The third kappa shape index (κ3) is 4.40. The van der Waals surface area contributed by atoms with Crippen molar-refractivity contribution in [3.63, 3.8) is 0 Å².